The molecule has 0 spiro atoms. The molecular formula is C23H36N4O3. The van der Waals surface area contributed by atoms with E-state index in [0.717, 1.165) is 57.3 Å². The Morgan fingerprint density at radius 2 is 1.97 bits per heavy atom. The van der Waals surface area contributed by atoms with Crippen LogP contribution in [-0.2, 0) is 9.53 Å². The zero-order chi connectivity index (χ0) is 21.3. The minimum Gasteiger partial charge on any atom is -0.497 e. The van der Waals surface area contributed by atoms with Gasteiger partial charge in [0.15, 0.2) is 5.96 Å². The van der Waals surface area contributed by atoms with Crippen LogP contribution < -0.4 is 10.1 Å². The lowest BCUT2D eigenvalue weighted by atomic mass is 9.97. The summed E-state index contributed by atoms with van der Waals surface area (Å²) < 4.78 is 10.6. The van der Waals surface area contributed by atoms with E-state index >= 15 is 0 Å². The number of carbonyl (C=O) groups excluding carboxylic acids is 1. The molecule has 0 aromatic heterocycles. The first-order valence-electron chi connectivity index (χ1n) is 11.2. The smallest absolute Gasteiger partial charge is 0.309 e. The number of rotatable bonds is 7. The fraction of sp³-hybridized carbons (Fsp3) is 0.652. The highest BCUT2D eigenvalue weighted by Gasteiger charge is 2.29. The van der Waals surface area contributed by atoms with Gasteiger partial charge in [0.25, 0.3) is 0 Å². The molecule has 2 aliphatic heterocycles. The Labute approximate surface area is 180 Å². The van der Waals surface area contributed by atoms with Crippen LogP contribution in [0, 0.1) is 5.92 Å². The Hall–Kier alpha value is -2.28. The quantitative estimate of drug-likeness (QED) is 0.419. The van der Waals surface area contributed by atoms with E-state index in [2.05, 4.69) is 38.3 Å². The molecule has 2 fully saturated rings. The highest BCUT2D eigenvalue weighted by molar-refractivity contribution is 5.80. The number of likely N-dealkylation sites (tertiary alicyclic amines) is 2. The second kappa shape index (κ2) is 11.2. The van der Waals surface area contributed by atoms with Crippen molar-refractivity contribution in [2.45, 2.75) is 38.6 Å². The van der Waals surface area contributed by atoms with Crippen LogP contribution in [0.15, 0.2) is 29.3 Å². The van der Waals surface area contributed by atoms with Crippen molar-refractivity contribution in [3.05, 3.63) is 29.8 Å². The first-order chi connectivity index (χ1) is 14.7. The molecule has 30 heavy (non-hydrogen) atoms. The average Bonchev–Trinajstić information content (AvgIpc) is 3.32. The van der Waals surface area contributed by atoms with Gasteiger partial charge in [-0.1, -0.05) is 12.1 Å². The lowest BCUT2D eigenvalue weighted by Gasteiger charge is -2.35. The molecule has 2 saturated heterocycles. The molecule has 0 amide bonds. The molecule has 1 aromatic rings. The van der Waals surface area contributed by atoms with E-state index in [1.807, 2.05) is 20.0 Å². The molecule has 0 saturated carbocycles. The van der Waals surface area contributed by atoms with Crippen LogP contribution >= 0.6 is 0 Å². The maximum Gasteiger partial charge on any atom is 0.309 e. The highest BCUT2D eigenvalue weighted by atomic mass is 16.5. The molecule has 1 atom stereocenters. The van der Waals surface area contributed by atoms with E-state index in [4.69, 9.17) is 9.47 Å². The molecule has 166 valence electrons. The predicted molar refractivity (Wildman–Crippen MR) is 119 cm³/mol. The average molecular weight is 417 g/mol. The van der Waals surface area contributed by atoms with Crippen molar-refractivity contribution in [1.82, 2.24) is 15.1 Å². The van der Waals surface area contributed by atoms with Crippen LogP contribution in [0.4, 0.5) is 0 Å². The summed E-state index contributed by atoms with van der Waals surface area (Å²) in [6.45, 7) is 6.97. The Morgan fingerprint density at radius 1 is 1.23 bits per heavy atom. The Bertz CT molecular complexity index is 710. The van der Waals surface area contributed by atoms with Gasteiger partial charge in [-0.25, -0.2) is 0 Å². The van der Waals surface area contributed by atoms with Crippen LogP contribution in [-0.4, -0.2) is 75.2 Å². The molecule has 0 radical (unpaired) electrons. The van der Waals surface area contributed by atoms with Gasteiger partial charge in [-0.05, 0) is 63.4 Å². The van der Waals surface area contributed by atoms with E-state index < -0.39 is 0 Å². The van der Waals surface area contributed by atoms with Crippen LogP contribution in [0.2, 0.25) is 0 Å². The summed E-state index contributed by atoms with van der Waals surface area (Å²) in [4.78, 5) is 21.3. The van der Waals surface area contributed by atoms with E-state index in [-0.39, 0.29) is 17.9 Å². The molecule has 2 heterocycles. The first-order valence-corrected chi connectivity index (χ1v) is 11.2. The minimum absolute atomic E-state index is 0.00781. The monoisotopic (exact) mass is 416 g/mol. The largest absolute Gasteiger partial charge is 0.497 e. The molecule has 1 N–H and O–H groups in total. The topological polar surface area (TPSA) is 66.4 Å². The van der Waals surface area contributed by atoms with Crippen molar-refractivity contribution in [2.24, 2.45) is 10.9 Å². The maximum absolute atomic E-state index is 12.0. The number of methoxy groups -OCH3 is 1. The van der Waals surface area contributed by atoms with Crippen molar-refractivity contribution < 1.29 is 14.3 Å². The molecular weight excluding hydrogens is 380 g/mol. The number of esters is 1. The van der Waals surface area contributed by atoms with E-state index in [1.54, 1.807) is 7.11 Å². The van der Waals surface area contributed by atoms with Crippen molar-refractivity contribution in [2.75, 3.05) is 53.5 Å². The molecule has 7 heteroatoms. The molecule has 7 nitrogen and oxygen atoms in total. The summed E-state index contributed by atoms with van der Waals surface area (Å²) in [6, 6.07) is 8.65. The van der Waals surface area contributed by atoms with Gasteiger partial charge in [0, 0.05) is 26.7 Å². The van der Waals surface area contributed by atoms with E-state index in [1.165, 1.54) is 18.4 Å². The summed E-state index contributed by atoms with van der Waals surface area (Å²) >= 11 is 0. The van der Waals surface area contributed by atoms with Gasteiger partial charge in [-0.3, -0.25) is 14.7 Å². The number of piperidine rings is 1. The van der Waals surface area contributed by atoms with Gasteiger partial charge in [0.1, 0.15) is 5.75 Å². The fourth-order valence-electron chi connectivity index (χ4n) is 4.47. The van der Waals surface area contributed by atoms with Crippen molar-refractivity contribution in [3.63, 3.8) is 0 Å². The normalized spacial score (nSPS) is 19.6. The molecule has 0 bridgehead atoms. The summed E-state index contributed by atoms with van der Waals surface area (Å²) in [5.41, 5.74) is 1.26. The summed E-state index contributed by atoms with van der Waals surface area (Å²) in [5, 5.41) is 3.60. The van der Waals surface area contributed by atoms with Crippen LogP contribution in [0.1, 0.15) is 44.2 Å². The van der Waals surface area contributed by atoms with Crippen LogP contribution in [0.3, 0.4) is 0 Å². The number of nitrogens with one attached hydrogen (secondary N) is 1. The summed E-state index contributed by atoms with van der Waals surface area (Å²) in [5.74, 6) is 1.74. The third-order valence-corrected chi connectivity index (χ3v) is 6.14. The standard InChI is InChI=1S/C23H36N4O3/c1-4-30-22(28)18-10-14-27(15-11-18)23(24-2)25-17-21(26-12-5-6-13-26)19-8-7-9-20(16-19)29-3/h7-9,16,18,21H,4-6,10-15,17H2,1-3H3,(H,24,25). The van der Waals surface area contributed by atoms with Crippen LogP contribution in [0.5, 0.6) is 5.75 Å². The number of hydrogen-bond donors (Lipinski definition) is 1. The number of guanidine groups is 1. The minimum atomic E-state index is -0.0628. The SMILES string of the molecule is CCOC(=O)C1CCN(C(=NC)NCC(c2cccc(OC)c2)N2CCCC2)CC1. The number of aliphatic imine (C=N–C) groups is 1. The Morgan fingerprint density at radius 3 is 2.60 bits per heavy atom. The third kappa shape index (κ3) is 5.65. The predicted octanol–water partition coefficient (Wildman–Crippen LogP) is 2.68. The molecule has 2 aliphatic rings. The second-order valence-corrected chi connectivity index (χ2v) is 7.98. The third-order valence-electron chi connectivity index (χ3n) is 6.14. The van der Waals surface area contributed by atoms with Gasteiger partial charge < -0.3 is 19.7 Å². The van der Waals surface area contributed by atoms with Crippen molar-refractivity contribution >= 4 is 11.9 Å². The lowest BCUT2D eigenvalue weighted by Crippen LogP contribution is -2.48. The summed E-state index contributed by atoms with van der Waals surface area (Å²) in [7, 11) is 3.54. The Balaban J connectivity index is 1.62. The number of carbonyl (C=O) groups is 1. The fourth-order valence-corrected chi connectivity index (χ4v) is 4.47. The van der Waals surface area contributed by atoms with Gasteiger partial charge in [-0.2, -0.15) is 0 Å². The molecule has 0 aliphatic carbocycles. The maximum atomic E-state index is 12.0. The zero-order valence-corrected chi connectivity index (χ0v) is 18.6. The Kier molecular flexibility index (Phi) is 8.37. The number of hydrogen-bond acceptors (Lipinski definition) is 5. The van der Waals surface area contributed by atoms with Crippen molar-refractivity contribution in [3.8, 4) is 5.75 Å². The zero-order valence-electron chi connectivity index (χ0n) is 18.6. The van der Waals surface area contributed by atoms with Gasteiger partial charge >= 0.3 is 5.97 Å². The number of benzene rings is 1. The second-order valence-electron chi connectivity index (χ2n) is 7.98. The van der Waals surface area contributed by atoms with E-state index in [0.29, 0.717) is 6.61 Å². The van der Waals surface area contributed by atoms with Gasteiger partial charge in [0.05, 0.1) is 25.7 Å². The molecule has 1 aromatic carbocycles. The molecule has 1 unspecified atom stereocenters. The summed E-state index contributed by atoms with van der Waals surface area (Å²) in [6.07, 6.45) is 4.11. The number of ether oxygens (including phenoxy) is 2. The van der Waals surface area contributed by atoms with Gasteiger partial charge in [0.2, 0.25) is 0 Å². The van der Waals surface area contributed by atoms with E-state index in [9.17, 15) is 4.79 Å². The van der Waals surface area contributed by atoms with Crippen molar-refractivity contribution in [1.29, 1.82) is 0 Å². The lowest BCUT2D eigenvalue weighted by molar-refractivity contribution is -0.149. The highest BCUT2D eigenvalue weighted by Crippen LogP contribution is 2.27. The first kappa shape index (κ1) is 22.4. The number of nitrogens with zero attached hydrogens (tertiary/aromatic N) is 3. The van der Waals surface area contributed by atoms with Gasteiger partial charge in [-0.15, -0.1) is 0 Å². The molecule has 3 rings (SSSR count). The van der Waals surface area contributed by atoms with Crippen LogP contribution in [0.25, 0.3) is 0 Å².